The normalized spacial score (nSPS) is 40.5. The summed E-state index contributed by atoms with van der Waals surface area (Å²) in [6, 6.07) is 2.02. The molecule has 2 aromatic heterocycles. The zero-order valence-corrected chi connectivity index (χ0v) is 14.6. The molecule has 1 aliphatic heterocycles. The Kier molecular flexibility index (Phi) is 2.82. The van der Waals surface area contributed by atoms with Crippen molar-refractivity contribution in [2.75, 3.05) is 0 Å². The average molecular weight is 350 g/mol. The topological polar surface area (TPSA) is 69.4 Å². The fraction of sp³-hybridized carbons (Fsp3) is 0.647. The Hall–Kier alpha value is -1.21. The Morgan fingerprint density at radius 3 is 2.92 bits per heavy atom. The van der Waals surface area contributed by atoms with Gasteiger partial charge in [0.05, 0.1) is 23.6 Å². The van der Waals surface area contributed by atoms with E-state index in [0.717, 1.165) is 17.5 Å². The van der Waals surface area contributed by atoms with E-state index in [2.05, 4.69) is 14.5 Å². The number of nitrogens with zero attached hydrogens (tertiary/aromatic N) is 3. The van der Waals surface area contributed by atoms with Gasteiger partial charge >= 0.3 is 0 Å². The molecule has 1 saturated heterocycles. The van der Waals surface area contributed by atoms with E-state index in [-0.39, 0.29) is 23.7 Å². The molecule has 2 aliphatic carbocycles. The Balaban J connectivity index is 1.64. The van der Waals surface area contributed by atoms with Crippen LogP contribution in [0.15, 0.2) is 18.6 Å². The summed E-state index contributed by atoms with van der Waals surface area (Å²) in [6.45, 7) is 5.73. The Morgan fingerprint density at radius 1 is 1.38 bits per heavy atom. The number of ether oxygens (including phenoxy) is 2. The van der Waals surface area contributed by atoms with Crippen LogP contribution < -0.4 is 0 Å². The van der Waals surface area contributed by atoms with Gasteiger partial charge in [0, 0.05) is 11.6 Å². The second-order valence-corrected chi connectivity index (χ2v) is 8.09. The van der Waals surface area contributed by atoms with Gasteiger partial charge < -0.3 is 19.1 Å². The zero-order chi connectivity index (χ0) is 16.9. The van der Waals surface area contributed by atoms with Crippen molar-refractivity contribution in [3.05, 3.63) is 23.7 Å². The van der Waals surface area contributed by atoms with E-state index < -0.39 is 11.9 Å². The first kappa shape index (κ1) is 15.1. The van der Waals surface area contributed by atoms with Crippen LogP contribution in [0.5, 0.6) is 0 Å². The smallest absolute Gasteiger partial charge is 0.163 e. The molecule has 0 spiro atoms. The number of aromatic nitrogens is 3. The van der Waals surface area contributed by atoms with Gasteiger partial charge in [-0.15, -0.1) is 0 Å². The van der Waals surface area contributed by atoms with E-state index in [9.17, 15) is 5.11 Å². The highest BCUT2D eigenvalue weighted by Gasteiger charge is 2.77. The van der Waals surface area contributed by atoms with Gasteiger partial charge in [0.2, 0.25) is 0 Å². The molecule has 3 aliphatic rings. The fourth-order valence-electron chi connectivity index (χ4n) is 5.02. The predicted molar refractivity (Wildman–Crippen MR) is 87.6 cm³/mol. The van der Waals surface area contributed by atoms with Crippen LogP contribution in [-0.4, -0.2) is 43.7 Å². The molecule has 2 aromatic rings. The first-order valence-corrected chi connectivity index (χ1v) is 8.74. The quantitative estimate of drug-likeness (QED) is 0.844. The maximum atomic E-state index is 10.5. The van der Waals surface area contributed by atoms with Crippen molar-refractivity contribution >= 4 is 22.6 Å². The molecular formula is C17H20ClN3O3. The van der Waals surface area contributed by atoms with Gasteiger partial charge in [-0.1, -0.05) is 11.6 Å². The van der Waals surface area contributed by atoms with Gasteiger partial charge in [-0.3, -0.25) is 0 Å². The van der Waals surface area contributed by atoms with E-state index in [0.29, 0.717) is 11.1 Å². The minimum absolute atomic E-state index is 0.0786. The van der Waals surface area contributed by atoms with Gasteiger partial charge in [0.25, 0.3) is 0 Å². The molecule has 0 amide bonds. The summed E-state index contributed by atoms with van der Waals surface area (Å²) in [5, 5.41) is 11.7. The van der Waals surface area contributed by atoms with Gasteiger partial charge in [-0.2, -0.15) is 0 Å². The van der Waals surface area contributed by atoms with Crippen molar-refractivity contribution in [1.82, 2.24) is 14.5 Å². The van der Waals surface area contributed by atoms with Crippen molar-refractivity contribution in [2.24, 2.45) is 11.3 Å². The van der Waals surface area contributed by atoms with Crippen molar-refractivity contribution in [3.8, 4) is 0 Å². The molecular weight excluding hydrogens is 330 g/mol. The summed E-state index contributed by atoms with van der Waals surface area (Å²) in [7, 11) is 0. The van der Waals surface area contributed by atoms with Crippen LogP contribution >= 0.6 is 11.6 Å². The molecule has 0 bridgehead atoms. The number of aliphatic hydroxyl groups is 1. The molecule has 128 valence electrons. The second-order valence-electron chi connectivity index (χ2n) is 7.74. The Bertz CT molecular complexity index is 836. The Labute approximate surface area is 144 Å². The number of hydrogen-bond donors (Lipinski definition) is 1. The van der Waals surface area contributed by atoms with E-state index in [1.54, 1.807) is 0 Å². The molecule has 6 nitrogen and oxygen atoms in total. The molecule has 0 aromatic carbocycles. The van der Waals surface area contributed by atoms with Crippen molar-refractivity contribution in [2.45, 2.75) is 57.3 Å². The number of fused-ring (bicyclic) bond motifs is 4. The lowest BCUT2D eigenvalue weighted by Gasteiger charge is -2.25. The summed E-state index contributed by atoms with van der Waals surface area (Å²) < 4.78 is 14.6. The van der Waals surface area contributed by atoms with E-state index >= 15 is 0 Å². The zero-order valence-electron chi connectivity index (χ0n) is 13.8. The predicted octanol–water partition coefficient (Wildman–Crippen LogP) is 2.55. The number of aliphatic hydroxyl groups excluding tert-OH is 1. The minimum atomic E-state index is -0.640. The maximum Gasteiger partial charge on any atom is 0.163 e. The van der Waals surface area contributed by atoms with Gasteiger partial charge in [0.15, 0.2) is 5.79 Å². The van der Waals surface area contributed by atoms with Crippen molar-refractivity contribution < 1.29 is 14.6 Å². The summed E-state index contributed by atoms with van der Waals surface area (Å²) in [4.78, 5) is 8.48. The molecule has 0 radical (unpaired) electrons. The fourth-order valence-corrected chi connectivity index (χ4v) is 5.21. The van der Waals surface area contributed by atoms with Crippen LogP contribution in [0.2, 0.25) is 5.15 Å². The van der Waals surface area contributed by atoms with Gasteiger partial charge in [-0.25, -0.2) is 9.97 Å². The third-order valence-corrected chi connectivity index (χ3v) is 6.37. The van der Waals surface area contributed by atoms with Crippen LogP contribution in [0.1, 0.15) is 33.2 Å². The minimum Gasteiger partial charge on any atom is -0.393 e. The molecule has 6 atom stereocenters. The molecule has 3 heterocycles. The van der Waals surface area contributed by atoms with Crippen LogP contribution in [-0.2, 0) is 9.47 Å². The lowest BCUT2D eigenvalue weighted by Crippen LogP contribution is -2.36. The highest BCUT2D eigenvalue weighted by atomic mass is 35.5. The van der Waals surface area contributed by atoms with E-state index in [1.807, 2.05) is 33.0 Å². The highest BCUT2D eigenvalue weighted by Crippen LogP contribution is 2.73. The van der Waals surface area contributed by atoms with Crippen molar-refractivity contribution in [1.29, 1.82) is 0 Å². The molecule has 24 heavy (non-hydrogen) atoms. The maximum absolute atomic E-state index is 10.5. The van der Waals surface area contributed by atoms with Crippen LogP contribution in [0, 0.1) is 11.3 Å². The number of hydrogen-bond acceptors (Lipinski definition) is 5. The lowest BCUT2D eigenvalue weighted by atomic mass is 9.93. The molecule has 1 unspecified atom stereocenters. The van der Waals surface area contributed by atoms with Gasteiger partial charge in [0.1, 0.15) is 23.2 Å². The Morgan fingerprint density at radius 2 is 2.17 bits per heavy atom. The largest absolute Gasteiger partial charge is 0.393 e. The number of halogens is 1. The summed E-state index contributed by atoms with van der Waals surface area (Å²) in [5.74, 6) is -0.327. The first-order chi connectivity index (χ1) is 11.3. The SMILES string of the molecule is CC(O)[C@]12C[C@@H]1[C@@H](n1ccc3c(Cl)ncnc31)[C@@H]1OC(C)(C)O[C@@H]12. The summed E-state index contributed by atoms with van der Waals surface area (Å²) >= 11 is 6.20. The summed E-state index contributed by atoms with van der Waals surface area (Å²) in [5.41, 5.74) is 0.580. The first-order valence-electron chi connectivity index (χ1n) is 8.36. The highest BCUT2D eigenvalue weighted by molar-refractivity contribution is 6.33. The number of rotatable bonds is 2. The van der Waals surface area contributed by atoms with Crippen LogP contribution in [0.3, 0.4) is 0 Å². The molecule has 7 heteroatoms. The molecule has 2 saturated carbocycles. The van der Waals surface area contributed by atoms with Gasteiger partial charge in [-0.05, 0) is 39.2 Å². The standard InChI is InChI=1S/C17H20ClN3O3/c1-8(22)17-6-10(17)11(12-13(17)24-16(2,3)23-12)21-5-4-9-14(18)19-7-20-15(9)21/h4-5,7-8,10-13,22H,6H2,1-3H3/t8?,10-,11-,12+,13+,17-/m1/s1. The van der Waals surface area contributed by atoms with Crippen LogP contribution in [0.4, 0.5) is 0 Å². The third kappa shape index (κ3) is 1.72. The second kappa shape index (κ2) is 4.49. The lowest BCUT2D eigenvalue weighted by molar-refractivity contribution is -0.166. The van der Waals surface area contributed by atoms with Crippen molar-refractivity contribution in [3.63, 3.8) is 0 Å². The average Bonchev–Trinajstić information content (AvgIpc) is 2.81. The van der Waals surface area contributed by atoms with E-state index in [4.69, 9.17) is 21.1 Å². The molecule has 1 N–H and O–H groups in total. The monoisotopic (exact) mass is 349 g/mol. The van der Waals surface area contributed by atoms with Crippen LogP contribution in [0.25, 0.3) is 11.0 Å². The third-order valence-electron chi connectivity index (χ3n) is 6.07. The summed E-state index contributed by atoms with van der Waals surface area (Å²) in [6.07, 6.45) is 3.79. The van der Waals surface area contributed by atoms with E-state index in [1.165, 1.54) is 6.33 Å². The molecule has 3 fully saturated rings. The molecule has 5 rings (SSSR count).